The van der Waals surface area contributed by atoms with Crippen molar-refractivity contribution in [1.82, 2.24) is 0 Å². The van der Waals surface area contributed by atoms with Crippen LogP contribution in [0.4, 0.5) is 0 Å². The molecule has 0 heterocycles. The number of benzene rings is 1. The molecule has 3 atom stereocenters. The summed E-state index contributed by atoms with van der Waals surface area (Å²) in [7, 11) is 0. The molecule has 6 nitrogen and oxygen atoms in total. The lowest BCUT2D eigenvalue weighted by molar-refractivity contribution is 0.170. The number of fused-ring (bicyclic) bond motifs is 1. The highest BCUT2D eigenvalue weighted by Gasteiger charge is 2.55. The maximum absolute atomic E-state index is 10.3. The first-order valence-corrected chi connectivity index (χ1v) is 12.0. The Morgan fingerprint density at radius 3 is 2.35 bits per heavy atom. The SMILES string of the molecule is CCCOc1ccc([C@H]2[C@H]3C[C@H](C(C)(C)C)CC=C3C(C#N)=C(N)C2(C#N)C#N)cc1OCC. The molecule has 0 spiro atoms. The highest BCUT2D eigenvalue weighted by atomic mass is 16.5. The Balaban J connectivity index is 2.25. The van der Waals surface area contributed by atoms with Crippen LogP contribution >= 0.6 is 0 Å². The Bertz CT molecular complexity index is 1110. The van der Waals surface area contributed by atoms with Crippen molar-refractivity contribution in [3.05, 3.63) is 46.7 Å². The third-order valence-corrected chi connectivity index (χ3v) is 7.19. The van der Waals surface area contributed by atoms with E-state index in [9.17, 15) is 15.8 Å². The first kappa shape index (κ1) is 25.2. The van der Waals surface area contributed by atoms with Crippen LogP contribution in [0.2, 0.25) is 0 Å². The number of hydrogen-bond donors (Lipinski definition) is 1. The summed E-state index contributed by atoms with van der Waals surface area (Å²) in [6, 6.07) is 12.3. The quantitative estimate of drug-likeness (QED) is 0.581. The van der Waals surface area contributed by atoms with Gasteiger partial charge in [-0.2, -0.15) is 15.8 Å². The van der Waals surface area contributed by atoms with Gasteiger partial charge in [0.05, 0.1) is 36.6 Å². The van der Waals surface area contributed by atoms with Crippen molar-refractivity contribution in [2.45, 2.75) is 59.8 Å². The second-order valence-corrected chi connectivity index (χ2v) is 10.2. The van der Waals surface area contributed by atoms with Crippen LogP contribution in [0.25, 0.3) is 0 Å². The molecule has 0 unspecified atom stereocenters. The van der Waals surface area contributed by atoms with Crippen LogP contribution in [0.15, 0.2) is 41.1 Å². The maximum atomic E-state index is 10.3. The van der Waals surface area contributed by atoms with Crippen molar-refractivity contribution in [2.24, 2.45) is 28.4 Å². The molecule has 0 saturated carbocycles. The largest absolute Gasteiger partial charge is 0.490 e. The molecule has 178 valence electrons. The molecule has 0 fully saturated rings. The minimum atomic E-state index is -1.65. The normalized spacial score (nSPS) is 23.6. The lowest BCUT2D eigenvalue weighted by Gasteiger charge is -2.47. The second kappa shape index (κ2) is 9.82. The van der Waals surface area contributed by atoms with Gasteiger partial charge in [0.2, 0.25) is 0 Å². The molecular formula is C28H34N4O2. The van der Waals surface area contributed by atoms with Gasteiger partial charge in [-0.15, -0.1) is 0 Å². The summed E-state index contributed by atoms with van der Waals surface area (Å²) in [4.78, 5) is 0. The number of hydrogen-bond acceptors (Lipinski definition) is 6. The van der Waals surface area contributed by atoms with E-state index < -0.39 is 11.3 Å². The van der Waals surface area contributed by atoms with E-state index in [1.54, 1.807) is 0 Å². The Morgan fingerprint density at radius 1 is 1.09 bits per heavy atom. The van der Waals surface area contributed by atoms with Crippen LogP contribution in [0, 0.1) is 56.7 Å². The summed E-state index contributed by atoms with van der Waals surface area (Å²) in [5, 5.41) is 30.6. The molecule has 2 aliphatic carbocycles. The maximum Gasteiger partial charge on any atom is 0.191 e. The molecule has 3 rings (SSSR count). The number of allylic oxidation sites excluding steroid dienone is 4. The van der Waals surface area contributed by atoms with Crippen LogP contribution in [-0.4, -0.2) is 13.2 Å². The standard InChI is InChI=1S/C28H34N4O2/c1-6-12-34-23-11-8-18(13-24(23)33-7-2)25-21-14-19(27(3,4)5)9-10-20(21)22(15-29)26(32)28(25,16-30)17-31/h8,10-11,13,19,21,25H,6-7,9,12,14,32H2,1-5H3/t19-,21+,25+/m1/s1. The van der Waals surface area contributed by atoms with Crippen molar-refractivity contribution < 1.29 is 9.47 Å². The van der Waals surface area contributed by atoms with E-state index in [1.807, 2.05) is 32.0 Å². The van der Waals surface area contributed by atoms with Crippen LogP contribution in [0.1, 0.15) is 65.4 Å². The number of rotatable bonds is 6. The van der Waals surface area contributed by atoms with Crippen molar-refractivity contribution in [3.63, 3.8) is 0 Å². The molecule has 1 aromatic rings. The molecule has 0 bridgehead atoms. The van der Waals surface area contributed by atoms with E-state index in [1.165, 1.54) is 0 Å². The monoisotopic (exact) mass is 458 g/mol. The molecule has 2 aliphatic rings. The second-order valence-electron chi connectivity index (χ2n) is 10.2. The Hall–Kier alpha value is -3.43. The summed E-state index contributed by atoms with van der Waals surface area (Å²) < 4.78 is 11.7. The van der Waals surface area contributed by atoms with Gasteiger partial charge in [0.1, 0.15) is 6.07 Å². The first-order valence-electron chi connectivity index (χ1n) is 12.0. The summed E-state index contributed by atoms with van der Waals surface area (Å²) in [5.74, 6) is 0.847. The van der Waals surface area contributed by atoms with E-state index >= 15 is 0 Å². The Morgan fingerprint density at radius 2 is 1.79 bits per heavy atom. The molecule has 0 amide bonds. The molecule has 1 aromatic carbocycles. The lowest BCUT2D eigenvalue weighted by atomic mass is 9.54. The molecule has 2 N–H and O–H groups in total. The van der Waals surface area contributed by atoms with E-state index in [0.717, 1.165) is 30.4 Å². The lowest BCUT2D eigenvalue weighted by Crippen LogP contribution is -2.44. The predicted molar refractivity (Wildman–Crippen MR) is 130 cm³/mol. The molecule has 6 heteroatoms. The average Bonchev–Trinajstić information content (AvgIpc) is 2.82. The zero-order valence-corrected chi connectivity index (χ0v) is 20.8. The van der Waals surface area contributed by atoms with E-state index in [0.29, 0.717) is 30.6 Å². The summed E-state index contributed by atoms with van der Waals surface area (Å²) in [6.45, 7) is 11.6. The van der Waals surface area contributed by atoms with Crippen LogP contribution in [-0.2, 0) is 0 Å². The number of nitrogens with two attached hydrogens (primary N) is 1. The van der Waals surface area contributed by atoms with Gasteiger partial charge < -0.3 is 15.2 Å². The van der Waals surface area contributed by atoms with E-state index in [2.05, 4.69) is 45.1 Å². The minimum absolute atomic E-state index is 0.0440. The van der Waals surface area contributed by atoms with Crippen LogP contribution in [0.3, 0.4) is 0 Å². The third-order valence-electron chi connectivity index (χ3n) is 7.19. The van der Waals surface area contributed by atoms with Gasteiger partial charge in [-0.3, -0.25) is 0 Å². The third kappa shape index (κ3) is 4.24. The Kier molecular flexibility index (Phi) is 7.28. The van der Waals surface area contributed by atoms with Gasteiger partial charge in [-0.25, -0.2) is 0 Å². The predicted octanol–water partition coefficient (Wildman–Crippen LogP) is 5.74. The van der Waals surface area contributed by atoms with Crippen LogP contribution in [0.5, 0.6) is 11.5 Å². The molecular weight excluding hydrogens is 424 g/mol. The van der Waals surface area contributed by atoms with E-state index in [-0.39, 0.29) is 22.6 Å². The zero-order chi connectivity index (χ0) is 25.1. The van der Waals surface area contributed by atoms with Crippen molar-refractivity contribution >= 4 is 0 Å². The highest BCUT2D eigenvalue weighted by molar-refractivity contribution is 5.60. The highest BCUT2D eigenvalue weighted by Crippen LogP contribution is 2.58. The molecule has 0 aromatic heterocycles. The van der Waals surface area contributed by atoms with E-state index in [4.69, 9.17) is 15.2 Å². The van der Waals surface area contributed by atoms with Gasteiger partial charge in [0, 0.05) is 5.92 Å². The molecule has 0 saturated heterocycles. The van der Waals surface area contributed by atoms with Gasteiger partial charge in [-0.05, 0) is 66.7 Å². The number of nitrogens with zero attached hydrogens (tertiary/aromatic N) is 3. The first-order chi connectivity index (χ1) is 16.2. The Labute approximate surface area is 203 Å². The molecule has 0 aliphatic heterocycles. The molecule has 0 radical (unpaired) electrons. The topological polar surface area (TPSA) is 116 Å². The van der Waals surface area contributed by atoms with Crippen molar-refractivity contribution in [3.8, 4) is 29.7 Å². The van der Waals surface area contributed by atoms with Gasteiger partial charge >= 0.3 is 0 Å². The number of ether oxygens (including phenoxy) is 2. The fraction of sp³-hybridized carbons (Fsp3) is 0.536. The summed E-state index contributed by atoms with van der Waals surface area (Å²) in [5.41, 5.74) is 6.82. The smallest absolute Gasteiger partial charge is 0.191 e. The number of nitriles is 3. The summed E-state index contributed by atoms with van der Waals surface area (Å²) in [6.07, 6.45) is 4.57. The van der Waals surface area contributed by atoms with Crippen molar-refractivity contribution in [1.29, 1.82) is 15.8 Å². The van der Waals surface area contributed by atoms with Crippen molar-refractivity contribution in [2.75, 3.05) is 13.2 Å². The van der Waals surface area contributed by atoms with Gasteiger partial charge in [-0.1, -0.05) is 39.8 Å². The average molecular weight is 459 g/mol. The van der Waals surface area contributed by atoms with Gasteiger partial charge in [0.25, 0.3) is 0 Å². The minimum Gasteiger partial charge on any atom is -0.490 e. The van der Waals surface area contributed by atoms with Gasteiger partial charge in [0.15, 0.2) is 16.9 Å². The fourth-order valence-corrected chi connectivity index (χ4v) is 5.29. The fourth-order valence-electron chi connectivity index (χ4n) is 5.29. The summed E-state index contributed by atoms with van der Waals surface area (Å²) >= 11 is 0. The van der Waals surface area contributed by atoms with Crippen LogP contribution < -0.4 is 15.2 Å². The zero-order valence-electron chi connectivity index (χ0n) is 20.8. The molecule has 34 heavy (non-hydrogen) atoms.